The molecule has 1 aliphatic carbocycles. The van der Waals surface area contributed by atoms with E-state index in [1.807, 2.05) is 18.2 Å². The molecule has 196 valence electrons. The van der Waals surface area contributed by atoms with Crippen LogP contribution >= 0.6 is 0 Å². The summed E-state index contributed by atoms with van der Waals surface area (Å²) in [4.78, 5) is 25.4. The highest BCUT2D eigenvalue weighted by molar-refractivity contribution is 6.76. The maximum Gasteiger partial charge on any atom is 0.338 e. The van der Waals surface area contributed by atoms with Crippen LogP contribution in [0.4, 0.5) is 0 Å². The first-order chi connectivity index (χ1) is 17.9. The Morgan fingerprint density at radius 1 is 0.921 bits per heavy atom. The van der Waals surface area contributed by atoms with Gasteiger partial charge in [-0.1, -0.05) is 99.7 Å². The minimum atomic E-state index is -1.24. The number of rotatable bonds is 8. The Balaban J connectivity index is 1.47. The number of hydrogen-bond donors (Lipinski definition) is 0. The van der Waals surface area contributed by atoms with E-state index in [2.05, 4.69) is 82.9 Å². The van der Waals surface area contributed by atoms with Crippen molar-refractivity contribution in [3.05, 3.63) is 118 Å². The number of hydrogen-bond acceptors (Lipinski definition) is 3. The van der Waals surface area contributed by atoms with Crippen molar-refractivity contribution in [2.24, 2.45) is 0 Å². The summed E-state index contributed by atoms with van der Waals surface area (Å²) in [6, 6.07) is 22.8. The molecule has 3 nitrogen and oxygen atoms in total. The molecular weight excluding hydrogens is 484 g/mol. The molecule has 38 heavy (non-hydrogen) atoms. The number of allylic oxidation sites excluding steroid dienone is 2. The molecule has 3 aromatic carbocycles. The predicted octanol–water partition coefficient (Wildman–Crippen LogP) is 8.50. The Morgan fingerprint density at radius 2 is 1.58 bits per heavy atom. The molecule has 0 saturated carbocycles. The topological polar surface area (TPSA) is 43.4 Å². The molecule has 1 aliphatic rings. The van der Waals surface area contributed by atoms with Crippen LogP contribution in [0, 0.1) is 6.92 Å². The lowest BCUT2D eigenvalue weighted by molar-refractivity contribution is 0.0525. The summed E-state index contributed by atoms with van der Waals surface area (Å²) in [6.07, 6.45) is 6.64. The Bertz CT molecular complexity index is 1390. The molecule has 0 spiro atoms. The van der Waals surface area contributed by atoms with E-state index in [1.54, 1.807) is 24.3 Å². The quantitative estimate of drug-likeness (QED) is 0.129. The Morgan fingerprint density at radius 3 is 2.24 bits per heavy atom. The van der Waals surface area contributed by atoms with Crippen molar-refractivity contribution in [2.45, 2.75) is 58.3 Å². The fourth-order valence-electron chi connectivity index (χ4n) is 4.61. The number of aryl methyl sites for hydroxylation is 1. The molecule has 3 aromatic rings. The lowest BCUT2D eigenvalue weighted by Crippen LogP contribution is -2.22. The summed E-state index contributed by atoms with van der Waals surface area (Å²) in [5.41, 5.74) is 8.08. The molecule has 0 unspecified atom stereocenters. The van der Waals surface area contributed by atoms with Gasteiger partial charge in [0.15, 0.2) is 5.78 Å². The largest absolute Gasteiger partial charge is 0.462 e. The molecule has 4 heteroatoms. The van der Waals surface area contributed by atoms with Gasteiger partial charge in [0.05, 0.1) is 12.2 Å². The number of benzene rings is 3. The van der Waals surface area contributed by atoms with Gasteiger partial charge in [0, 0.05) is 13.6 Å². The molecular formula is C34H38O3Si. The molecule has 0 bridgehead atoms. The van der Waals surface area contributed by atoms with Gasteiger partial charge in [-0.2, -0.15) is 0 Å². The van der Waals surface area contributed by atoms with Crippen molar-refractivity contribution >= 4 is 31.5 Å². The Labute approximate surface area is 228 Å². The van der Waals surface area contributed by atoms with Crippen molar-refractivity contribution in [1.29, 1.82) is 0 Å². The highest BCUT2D eigenvalue weighted by atomic mass is 28.3. The van der Waals surface area contributed by atoms with Crippen LogP contribution in [0.3, 0.4) is 0 Å². The molecule has 0 saturated heterocycles. The normalized spacial score (nSPS) is 14.6. The first kappa shape index (κ1) is 27.5. The number of ether oxygens (including phenoxy) is 1. The summed E-state index contributed by atoms with van der Waals surface area (Å²) in [6.45, 7) is 13.8. The number of fused-ring (bicyclic) bond motifs is 1. The highest BCUT2D eigenvalue weighted by Gasteiger charge is 2.29. The van der Waals surface area contributed by atoms with Crippen LogP contribution in [0.15, 0.2) is 78.9 Å². The van der Waals surface area contributed by atoms with Crippen LogP contribution in [0.5, 0.6) is 0 Å². The lowest BCUT2D eigenvalue weighted by atomic mass is 9.71. The zero-order valence-corrected chi connectivity index (χ0v) is 24.4. The van der Waals surface area contributed by atoms with E-state index in [-0.39, 0.29) is 17.2 Å². The van der Waals surface area contributed by atoms with Gasteiger partial charge in [0.2, 0.25) is 0 Å². The van der Waals surface area contributed by atoms with E-state index in [0.29, 0.717) is 17.7 Å². The summed E-state index contributed by atoms with van der Waals surface area (Å²) in [7, 11) is -1.24. The van der Waals surface area contributed by atoms with Crippen LogP contribution in [0.25, 0.3) is 11.6 Å². The predicted molar refractivity (Wildman–Crippen MR) is 161 cm³/mol. The SMILES string of the molecule is Cc1ccc(C2=CCC(C)(C)c3cc(C(=O)/C=C/c4ccc(C(=O)OCC[Si](C)(C)C)cc4)ccc32)cc1. The monoisotopic (exact) mass is 522 g/mol. The van der Waals surface area contributed by atoms with Crippen molar-refractivity contribution in [1.82, 2.24) is 0 Å². The molecule has 0 N–H and O–H groups in total. The summed E-state index contributed by atoms with van der Waals surface area (Å²) in [5, 5.41) is 0. The molecule has 0 radical (unpaired) electrons. The van der Waals surface area contributed by atoms with E-state index in [0.717, 1.165) is 18.0 Å². The third-order valence-corrected chi connectivity index (χ3v) is 8.87. The lowest BCUT2D eigenvalue weighted by Gasteiger charge is -2.32. The number of esters is 1. The average Bonchev–Trinajstić information content (AvgIpc) is 2.87. The first-order valence-corrected chi connectivity index (χ1v) is 17.1. The summed E-state index contributed by atoms with van der Waals surface area (Å²) in [5.74, 6) is -0.338. The number of carbonyl (C=O) groups excluding carboxylic acids is 2. The fraction of sp³-hybridized carbons (Fsp3) is 0.294. The zero-order chi connectivity index (χ0) is 27.5. The van der Waals surface area contributed by atoms with E-state index < -0.39 is 8.07 Å². The van der Waals surface area contributed by atoms with Crippen molar-refractivity contribution < 1.29 is 14.3 Å². The third kappa shape index (κ3) is 6.67. The van der Waals surface area contributed by atoms with Gasteiger partial charge in [-0.05, 0) is 76.9 Å². The number of carbonyl (C=O) groups is 2. The summed E-state index contributed by atoms with van der Waals surface area (Å²) < 4.78 is 5.42. The fourth-order valence-corrected chi connectivity index (χ4v) is 5.32. The molecule has 0 heterocycles. The van der Waals surface area contributed by atoms with Crippen molar-refractivity contribution in [2.75, 3.05) is 6.61 Å². The highest BCUT2D eigenvalue weighted by Crippen LogP contribution is 2.41. The minimum Gasteiger partial charge on any atom is -0.462 e. The Kier molecular flexibility index (Phi) is 8.03. The van der Waals surface area contributed by atoms with E-state index in [9.17, 15) is 9.59 Å². The van der Waals surface area contributed by atoms with Crippen LogP contribution < -0.4 is 0 Å². The van der Waals surface area contributed by atoms with Crippen LogP contribution in [-0.2, 0) is 10.2 Å². The second-order valence-electron chi connectivity index (χ2n) is 12.1. The average molecular weight is 523 g/mol. The maximum atomic E-state index is 13.1. The van der Waals surface area contributed by atoms with Crippen LogP contribution in [-0.4, -0.2) is 26.4 Å². The van der Waals surface area contributed by atoms with Gasteiger partial charge in [-0.3, -0.25) is 4.79 Å². The van der Waals surface area contributed by atoms with E-state index in [1.165, 1.54) is 27.8 Å². The molecule has 0 atom stereocenters. The standard InChI is InChI=1S/C34H38O3Si/c1-24-7-12-26(13-8-24)29-19-20-34(2,3)31-23-28(16-17-30(29)31)32(35)18-11-25-9-14-27(15-10-25)33(36)37-21-22-38(4,5)6/h7-19,23H,20-22H2,1-6H3/b18-11+. The van der Waals surface area contributed by atoms with Crippen LogP contribution in [0.1, 0.15) is 68.8 Å². The Hall–Kier alpha value is -3.50. The second-order valence-corrected chi connectivity index (χ2v) is 17.7. The van der Waals surface area contributed by atoms with Gasteiger partial charge in [0.1, 0.15) is 0 Å². The van der Waals surface area contributed by atoms with Gasteiger partial charge in [-0.15, -0.1) is 0 Å². The van der Waals surface area contributed by atoms with Gasteiger partial charge >= 0.3 is 5.97 Å². The van der Waals surface area contributed by atoms with E-state index in [4.69, 9.17) is 4.74 Å². The second kappa shape index (κ2) is 11.1. The van der Waals surface area contributed by atoms with Crippen molar-refractivity contribution in [3.63, 3.8) is 0 Å². The van der Waals surface area contributed by atoms with Gasteiger partial charge in [0.25, 0.3) is 0 Å². The summed E-state index contributed by atoms with van der Waals surface area (Å²) >= 11 is 0. The molecule has 0 aliphatic heterocycles. The van der Waals surface area contributed by atoms with E-state index >= 15 is 0 Å². The third-order valence-electron chi connectivity index (χ3n) is 7.16. The van der Waals surface area contributed by atoms with Crippen molar-refractivity contribution in [3.8, 4) is 0 Å². The minimum absolute atomic E-state index is 0.0372. The molecule has 0 aromatic heterocycles. The zero-order valence-electron chi connectivity index (χ0n) is 23.4. The van der Waals surface area contributed by atoms with Gasteiger partial charge in [-0.25, -0.2) is 4.79 Å². The molecule has 0 amide bonds. The first-order valence-electron chi connectivity index (χ1n) is 13.3. The molecule has 4 rings (SSSR count). The maximum absolute atomic E-state index is 13.1. The van der Waals surface area contributed by atoms with Gasteiger partial charge < -0.3 is 4.74 Å². The molecule has 0 fully saturated rings. The number of ketones is 1. The van der Waals surface area contributed by atoms with Crippen LogP contribution in [0.2, 0.25) is 25.7 Å². The smallest absolute Gasteiger partial charge is 0.338 e.